The van der Waals surface area contributed by atoms with Crippen LogP contribution in [0.4, 0.5) is 5.69 Å². The van der Waals surface area contributed by atoms with Crippen molar-refractivity contribution in [2.45, 2.75) is 6.92 Å². The van der Waals surface area contributed by atoms with Gasteiger partial charge in [-0.2, -0.15) is 0 Å². The predicted molar refractivity (Wildman–Crippen MR) is 124 cm³/mol. The third-order valence-corrected chi connectivity index (χ3v) is 5.54. The van der Waals surface area contributed by atoms with Crippen molar-refractivity contribution in [3.05, 3.63) is 88.2 Å². The molecule has 0 aliphatic carbocycles. The minimum atomic E-state index is -0.755. The van der Waals surface area contributed by atoms with Gasteiger partial charge in [0.2, 0.25) is 0 Å². The molecule has 0 aliphatic heterocycles. The normalized spacial score (nSPS) is 10.8. The lowest BCUT2D eigenvalue weighted by molar-refractivity contribution is -0.112. The minimum Gasteiger partial charge on any atom is -0.495 e. The second kappa shape index (κ2) is 8.46. The number of hydrogen-bond acceptors (Lipinski definition) is 3. The number of pyridine rings is 1. The summed E-state index contributed by atoms with van der Waals surface area (Å²) < 4.78 is 6.91. The Labute approximate surface area is 189 Å². The molecule has 0 radical (unpaired) electrons. The van der Waals surface area contributed by atoms with Gasteiger partial charge >= 0.3 is 0 Å². The van der Waals surface area contributed by atoms with E-state index in [2.05, 4.69) is 5.32 Å². The monoisotopic (exact) mass is 452 g/mol. The summed E-state index contributed by atoms with van der Waals surface area (Å²) in [4.78, 5) is 26.2. The van der Waals surface area contributed by atoms with Crippen LogP contribution in [0.2, 0.25) is 10.0 Å². The number of rotatable bonds is 5. The van der Waals surface area contributed by atoms with E-state index in [1.165, 1.54) is 7.11 Å². The van der Waals surface area contributed by atoms with E-state index in [0.29, 0.717) is 32.6 Å². The van der Waals surface area contributed by atoms with Gasteiger partial charge in [-0.3, -0.25) is 9.59 Å². The molecule has 2 heterocycles. The molecule has 0 saturated carbocycles. The smallest absolute Gasteiger partial charge is 0.298 e. The number of ether oxygens (including phenoxy) is 1. The molecule has 0 spiro atoms. The Morgan fingerprint density at radius 3 is 2.55 bits per heavy atom. The zero-order valence-electron chi connectivity index (χ0n) is 16.8. The van der Waals surface area contributed by atoms with Crippen molar-refractivity contribution in [2.75, 3.05) is 12.4 Å². The van der Waals surface area contributed by atoms with E-state index in [0.717, 1.165) is 11.1 Å². The fourth-order valence-corrected chi connectivity index (χ4v) is 3.85. The molecular weight excluding hydrogens is 435 g/mol. The number of anilines is 1. The van der Waals surface area contributed by atoms with Crippen molar-refractivity contribution in [1.82, 2.24) is 4.40 Å². The Kier molecular flexibility index (Phi) is 5.72. The van der Waals surface area contributed by atoms with E-state index >= 15 is 0 Å². The van der Waals surface area contributed by atoms with E-state index in [4.69, 9.17) is 27.9 Å². The number of amides is 1. The van der Waals surface area contributed by atoms with Gasteiger partial charge in [0.25, 0.3) is 11.7 Å². The van der Waals surface area contributed by atoms with Gasteiger partial charge in [-0.15, -0.1) is 0 Å². The van der Waals surface area contributed by atoms with E-state index in [-0.39, 0.29) is 5.69 Å². The summed E-state index contributed by atoms with van der Waals surface area (Å²) in [5.74, 6) is -0.904. The number of aromatic nitrogens is 1. The highest BCUT2D eigenvalue weighted by Gasteiger charge is 2.25. The number of aryl methyl sites for hydroxylation is 1. The molecule has 5 nitrogen and oxygen atoms in total. The topological polar surface area (TPSA) is 59.8 Å². The Hall–Kier alpha value is -3.28. The number of ketones is 1. The number of carbonyl (C=O) groups is 2. The number of nitrogens with one attached hydrogen (secondary N) is 1. The Morgan fingerprint density at radius 1 is 1.00 bits per heavy atom. The molecule has 0 atom stereocenters. The first-order chi connectivity index (χ1) is 14.9. The standard InChI is InChI=1S/C24H18Cl2N2O3/c1-14-6-8-16(25)12-20(14)27-24(30)23(29)22-18(13-17-5-3-4-10-28(17)22)15-7-9-21(31-2)19(26)11-15/h3-13H,1-2H3,(H,27,30). The average molecular weight is 453 g/mol. The minimum absolute atomic E-state index is 0.244. The molecule has 0 bridgehead atoms. The maximum atomic E-state index is 13.3. The van der Waals surface area contributed by atoms with Crippen LogP contribution in [0.5, 0.6) is 5.75 Å². The lowest BCUT2D eigenvalue weighted by atomic mass is 10.0. The van der Waals surface area contributed by atoms with Crippen LogP contribution in [0, 0.1) is 6.92 Å². The first-order valence-electron chi connectivity index (χ1n) is 9.45. The van der Waals surface area contributed by atoms with E-state index in [1.807, 2.05) is 25.1 Å². The molecule has 31 heavy (non-hydrogen) atoms. The number of Topliss-reactive ketones (excluding diaryl/α,β-unsaturated/α-hetero) is 1. The molecule has 156 valence electrons. The van der Waals surface area contributed by atoms with Crippen LogP contribution in [-0.2, 0) is 4.79 Å². The number of halogens is 2. The zero-order valence-corrected chi connectivity index (χ0v) is 18.3. The summed E-state index contributed by atoms with van der Waals surface area (Å²) in [7, 11) is 1.53. The van der Waals surface area contributed by atoms with E-state index in [9.17, 15) is 9.59 Å². The summed E-state index contributed by atoms with van der Waals surface area (Å²) in [6.45, 7) is 1.83. The van der Waals surface area contributed by atoms with E-state index < -0.39 is 11.7 Å². The fourth-order valence-electron chi connectivity index (χ4n) is 3.42. The molecule has 0 fully saturated rings. The first-order valence-corrected chi connectivity index (χ1v) is 10.2. The quantitative estimate of drug-likeness (QED) is 0.296. The van der Waals surface area contributed by atoms with Gasteiger partial charge in [0.05, 0.1) is 12.1 Å². The number of methoxy groups -OCH3 is 1. The number of hydrogen-bond donors (Lipinski definition) is 1. The molecule has 7 heteroatoms. The van der Waals surface area contributed by atoms with Crippen molar-refractivity contribution in [3.8, 4) is 16.9 Å². The van der Waals surface area contributed by atoms with Crippen molar-refractivity contribution >= 4 is 46.1 Å². The maximum Gasteiger partial charge on any atom is 0.298 e. The molecule has 1 amide bonds. The Morgan fingerprint density at radius 2 is 1.81 bits per heavy atom. The van der Waals surface area contributed by atoms with Gasteiger partial charge in [0.15, 0.2) is 0 Å². The third kappa shape index (κ3) is 4.02. The molecule has 2 aromatic carbocycles. The Balaban J connectivity index is 1.80. The molecule has 4 aromatic rings. The Bertz CT molecular complexity index is 1330. The lowest BCUT2D eigenvalue weighted by Crippen LogP contribution is -2.25. The largest absolute Gasteiger partial charge is 0.495 e. The van der Waals surface area contributed by atoms with Gasteiger partial charge in [-0.25, -0.2) is 0 Å². The van der Waals surface area contributed by atoms with Crippen molar-refractivity contribution < 1.29 is 14.3 Å². The molecule has 0 aliphatic rings. The molecular formula is C24H18Cl2N2O3. The summed E-state index contributed by atoms with van der Waals surface area (Å²) in [6.07, 6.45) is 1.75. The fraction of sp³-hybridized carbons (Fsp3) is 0.0833. The average Bonchev–Trinajstić information content (AvgIpc) is 3.15. The van der Waals surface area contributed by atoms with Gasteiger partial charge in [-0.1, -0.05) is 41.4 Å². The van der Waals surface area contributed by atoms with E-state index in [1.54, 1.807) is 53.1 Å². The van der Waals surface area contributed by atoms with Gasteiger partial charge in [0, 0.05) is 28.0 Å². The highest BCUT2D eigenvalue weighted by atomic mass is 35.5. The lowest BCUT2D eigenvalue weighted by Gasteiger charge is -2.10. The molecule has 0 unspecified atom stereocenters. The van der Waals surface area contributed by atoms with Crippen LogP contribution < -0.4 is 10.1 Å². The highest BCUT2D eigenvalue weighted by molar-refractivity contribution is 6.47. The molecule has 0 saturated heterocycles. The van der Waals surface area contributed by atoms with Crippen LogP contribution in [-0.4, -0.2) is 23.2 Å². The van der Waals surface area contributed by atoms with Crippen molar-refractivity contribution in [1.29, 1.82) is 0 Å². The van der Waals surface area contributed by atoms with Crippen LogP contribution in [0.1, 0.15) is 16.1 Å². The summed E-state index contributed by atoms with van der Waals surface area (Å²) >= 11 is 12.3. The second-order valence-corrected chi connectivity index (χ2v) is 7.84. The van der Waals surface area contributed by atoms with Gasteiger partial charge in [0.1, 0.15) is 11.4 Å². The SMILES string of the molecule is COc1ccc(-c2cc3ccccn3c2C(=O)C(=O)Nc2cc(Cl)ccc2C)cc1Cl. The number of nitrogens with zero attached hydrogens (tertiary/aromatic N) is 1. The first kappa shape index (κ1) is 21.0. The second-order valence-electron chi connectivity index (χ2n) is 6.99. The maximum absolute atomic E-state index is 13.3. The van der Waals surface area contributed by atoms with Crippen LogP contribution in [0.3, 0.4) is 0 Å². The zero-order chi connectivity index (χ0) is 22.1. The van der Waals surface area contributed by atoms with Gasteiger partial charge in [-0.05, 0) is 60.5 Å². The highest BCUT2D eigenvalue weighted by Crippen LogP contribution is 2.34. The molecule has 2 aromatic heterocycles. The molecule has 1 N–H and O–H groups in total. The van der Waals surface area contributed by atoms with Crippen LogP contribution >= 0.6 is 23.2 Å². The molecule has 4 rings (SSSR count). The van der Waals surface area contributed by atoms with Gasteiger partial charge < -0.3 is 14.5 Å². The number of benzene rings is 2. The summed E-state index contributed by atoms with van der Waals surface area (Å²) in [5, 5.41) is 3.56. The number of carbonyl (C=O) groups excluding carboxylic acids is 2. The number of fused-ring (bicyclic) bond motifs is 1. The summed E-state index contributed by atoms with van der Waals surface area (Å²) in [6, 6.07) is 17.7. The van der Waals surface area contributed by atoms with Crippen LogP contribution in [0.15, 0.2) is 66.9 Å². The van der Waals surface area contributed by atoms with Crippen molar-refractivity contribution in [3.63, 3.8) is 0 Å². The van der Waals surface area contributed by atoms with Crippen molar-refractivity contribution in [2.24, 2.45) is 0 Å². The predicted octanol–water partition coefficient (Wildman–Crippen LogP) is 6.05. The third-order valence-electron chi connectivity index (χ3n) is 5.01. The summed E-state index contributed by atoms with van der Waals surface area (Å²) in [5.41, 5.74) is 3.60. The van der Waals surface area contributed by atoms with Crippen LogP contribution in [0.25, 0.3) is 16.6 Å².